The molecular formula is C15H24Ti. The van der Waals surface area contributed by atoms with E-state index in [2.05, 4.69) is 47.6 Å². The summed E-state index contributed by atoms with van der Waals surface area (Å²) in [6.07, 6.45) is 2.46. The van der Waals surface area contributed by atoms with Crippen molar-refractivity contribution in [2.45, 2.75) is 41.5 Å². The van der Waals surface area contributed by atoms with Gasteiger partial charge in [-0.3, -0.25) is 0 Å². The van der Waals surface area contributed by atoms with Crippen molar-refractivity contribution in [3.8, 4) is 0 Å². The van der Waals surface area contributed by atoms with Crippen LogP contribution in [0.25, 0.3) is 0 Å². The maximum Gasteiger partial charge on any atom is 0 e. The molecule has 0 amide bonds. The van der Waals surface area contributed by atoms with Gasteiger partial charge in [-0.15, -0.1) is 0 Å². The van der Waals surface area contributed by atoms with E-state index in [9.17, 15) is 0 Å². The van der Waals surface area contributed by atoms with Crippen LogP contribution >= 0.6 is 0 Å². The van der Waals surface area contributed by atoms with E-state index < -0.39 is 0 Å². The van der Waals surface area contributed by atoms with Crippen molar-refractivity contribution in [3.05, 3.63) is 22.8 Å². The first kappa shape index (κ1) is 14.3. The summed E-state index contributed by atoms with van der Waals surface area (Å²) in [7, 11) is 0. The molecule has 5 unspecified atom stereocenters. The number of allylic oxidation sites excluding steroid dienone is 4. The maximum atomic E-state index is 2.46. The minimum absolute atomic E-state index is 0. The van der Waals surface area contributed by atoms with E-state index in [1.165, 1.54) is 0 Å². The largest absolute Gasteiger partial charge is 0.0744 e. The second-order valence-electron chi connectivity index (χ2n) is 5.80. The molecule has 2 aliphatic rings. The quantitative estimate of drug-likeness (QED) is 0.559. The Balaban J connectivity index is 0.00000128. The van der Waals surface area contributed by atoms with Crippen LogP contribution in [-0.2, 0) is 21.7 Å². The molecule has 0 N–H and O–H groups in total. The van der Waals surface area contributed by atoms with E-state index in [1.54, 1.807) is 16.7 Å². The molecule has 0 aromatic carbocycles. The molecule has 0 saturated carbocycles. The molecular weight excluding hydrogens is 228 g/mol. The van der Waals surface area contributed by atoms with Gasteiger partial charge < -0.3 is 0 Å². The Morgan fingerprint density at radius 3 is 1.94 bits per heavy atom. The van der Waals surface area contributed by atoms with Crippen LogP contribution in [0.5, 0.6) is 0 Å². The Hall–Kier alpha value is 0.194. The fraction of sp³-hybridized carbons (Fsp3) is 0.733. The van der Waals surface area contributed by atoms with Crippen molar-refractivity contribution < 1.29 is 21.7 Å². The van der Waals surface area contributed by atoms with Gasteiger partial charge in [-0.1, -0.05) is 51.8 Å². The van der Waals surface area contributed by atoms with Crippen molar-refractivity contribution in [3.63, 3.8) is 0 Å². The summed E-state index contributed by atoms with van der Waals surface area (Å²) < 4.78 is 0. The molecule has 1 heteroatoms. The fourth-order valence-corrected chi connectivity index (χ4v) is 3.77. The Labute approximate surface area is 115 Å². The molecule has 0 radical (unpaired) electrons. The molecule has 0 heterocycles. The fourth-order valence-electron chi connectivity index (χ4n) is 3.77. The van der Waals surface area contributed by atoms with Gasteiger partial charge in [0.15, 0.2) is 0 Å². The average molecular weight is 252 g/mol. The first-order valence-corrected chi connectivity index (χ1v) is 6.37. The van der Waals surface area contributed by atoms with Gasteiger partial charge in [0, 0.05) is 21.7 Å². The topological polar surface area (TPSA) is 0 Å². The van der Waals surface area contributed by atoms with E-state index in [-0.39, 0.29) is 21.7 Å². The zero-order valence-electron chi connectivity index (χ0n) is 11.5. The second-order valence-corrected chi connectivity index (χ2v) is 5.80. The van der Waals surface area contributed by atoms with Gasteiger partial charge in [0.2, 0.25) is 0 Å². The van der Waals surface area contributed by atoms with Crippen molar-refractivity contribution >= 4 is 0 Å². The smallest absolute Gasteiger partial charge is 0 e. The molecule has 2 rings (SSSR count). The average Bonchev–Trinajstić information content (AvgIpc) is 2.47. The Kier molecular flexibility index (Phi) is 4.30. The van der Waals surface area contributed by atoms with Crippen LogP contribution in [0.4, 0.5) is 0 Å². The van der Waals surface area contributed by atoms with Gasteiger partial charge >= 0.3 is 0 Å². The summed E-state index contributed by atoms with van der Waals surface area (Å²) in [5, 5.41) is 0. The van der Waals surface area contributed by atoms with E-state index in [0.717, 1.165) is 23.7 Å². The van der Waals surface area contributed by atoms with Crippen molar-refractivity contribution in [1.29, 1.82) is 0 Å². The molecule has 0 fully saturated rings. The van der Waals surface area contributed by atoms with Crippen molar-refractivity contribution in [2.24, 2.45) is 29.6 Å². The van der Waals surface area contributed by atoms with Gasteiger partial charge in [0.05, 0.1) is 0 Å². The zero-order valence-corrected chi connectivity index (χ0v) is 13.0. The molecule has 0 nitrogen and oxygen atoms in total. The van der Waals surface area contributed by atoms with Crippen LogP contribution in [0.1, 0.15) is 41.5 Å². The first-order valence-electron chi connectivity index (χ1n) is 6.37. The van der Waals surface area contributed by atoms with E-state index in [0.29, 0.717) is 5.92 Å². The molecule has 5 atom stereocenters. The molecule has 0 bridgehead atoms. The third-order valence-corrected chi connectivity index (χ3v) is 5.08. The molecule has 0 saturated heterocycles. The monoisotopic (exact) mass is 252 g/mol. The van der Waals surface area contributed by atoms with Crippen LogP contribution in [0, 0.1) is 29.6 Å². The summed E-state index contributed by atoms with van der Waals surface area (Å²) in [6.45, 7) is 14.3. The maximum absolute atomic E-state index is 2.46. The van der Waals surface area contributed by atoms with Crippen LogP contribution in [0.15, 0.2) is 22.8 Å². The molecule has 88 valence electrons. The van der Waals surface area contributed by atoms with Gasteiger partial charge in [0.1, 0.15) is 0 Å². The summed E-state index contributed by atoms with van der Waals surface area (Å²) in [5.41, 5.74) is 4.99. The SMILES string of the molecule is CC1=CC(C)C2=C1C(C)C(C)C(C)C2C.[Ti]. The first-order chi connectivity index (χ1) is 6.95. The summed E-state index contributed by atoms with van der Waals surface area (Å²) in [5.74, 6) is 3.88. The third-order valence-electron chi connectivity index (χ3n) is 5.08. The third kappa shape index (κ3) is 1.89. The minimum atomic E-state index is 0. The summed E-state index contributed by atoms with van der Waals surface area (Å²) in [6, 6.07) is 0. The van der Waals surface area contributed by atoms with Crippen LogP contribution in [0.3, 0.4) is 0 Å². The number of hydrogen-bond donors (Lipinski definition) is 0. The molecule has 0 spiro atoms. The van der Waals surface area contributed by atoms with E-state index >= 15 is 0 Å². The van der Waals surface area contributed by atoms with E-state index in [4.69, 9.17) is 0 Å². The molecule has 0 aromatic rings. The number of hydrogen-bond acceptors (Lipinski definition) is 0. The van der Waals surface area contributed by atoms with Gasteiger partial charge in [0.25, 0.3) is 0 Å². The second kappa shape index (κ2) is 4.82. The van der Waals surface area contributed by atoms with Gasteiger partial charge in [-0.25, -0.2) is 0 Å². The Morgan fingerprint density at radius 1 is 0.875 bits per heavy atom. The van der Waals surface area contributed by atoms with Gasteiger partial charge in [-0.05, 0) is 42.1 Å². The Morgan fingerprint density at radius 2 is 1.38 bits per heavy atom. The predicted octanol–water partition coefficient (Wildman–Crippen LogP) is 4.43. The number of rotatable bonds is 0. The molecule has 16 heavy (non-hydrogen) atoms. The van der Waals surface area contributed by atoms with Crippen LogP contribution in [0.2, 0.25) is 0 Å². The summed E-state index contributed by atoms with van der Waals surface area (Å²) >= 11 is 0. The Bertz CT molecular complexity index is 337. The van der Waals surface area contributed by atoms with Crippen LogP contribution in [-0.4, -0.2) is 0 Å². The van der Waals surface area contributed by atoms with Gasteiger partial charge in [-0.2, -0.15) is 0 Å². The normalized spacial score (nSPS) is 42.6. The van der Waals surface area contributed by atoms with E-state index in [1.807, 2.05) is 0 Å². The predicted molar refractivity (Wildman–Crippen MR) is 66.6 cm³/mol. The van der Waals surface area contributed by atoms with Crippen molar-refractivity contribution in [2.75, 3.05) is 0 Å². The zero-order chi connectivity index (χ0) is 11.3. The summed E-state index contributed by atoms with van der Waals surface area (Å²) in [4.78, 5) is 0. The van der Waals surface area contributed by atoms with Crippen LogP contribution < -0.4 is 0 Å². The molecule has 0 aromatic heterocycles. The minimum Gasteiger partial charge on any atom is -0.0744 e. The molecule has 0 aliphatic heterocycles. The standard InChI is InChI=1S/C15H24.Ti/c1-8-7-9(2)15-13(6)11(4)10(3)12(5)14(8)15;/h7-8,10-13H,1-6H3;. The van der Waals surface area contributed by atoms with Crippen molar-refractivity contribution in [1.82, 2.24) is 0 Å². The molecule has 2 aliphatic carbocycles.